The highest BCUT2D eigenvalue weighted by Gasteiger charge is 2.34. The molecule has 0 radical (unpaired) electrons. The highest BCUT2D eigenvalue weighted by atomic mass is 16.3. The van der Waals surface area contributed by atoms with E-state index in [1.54, 1.807) is 12.1 Å². The summed E-state index contributed by atoms with van der Waals surface area (Å²) in [5, 5.41) is 22.4. The number of hydrogen-bond donors (Lipinski definition) is 2. The maximum Gasteiger partial charge on any atom is 0.0991 e. The van der Waals surface area contributed by atoms with Crippen LogP contribution < -0.4 is 5.32 Å². The summed E-state index contributed by atoms with van der Waals surface area (Å²) in [6.45, 7) is 2.88. The van der Waals surface area contributed by atoms with Crippen LogP contribution in [0.25, 0.3) is 0 Å². The predicted octanol–water partition coefficient (Wildman–Crippen LogP) is 1.42. The molecule has 1 aliphatic carbocycles. The van der Waals surface area contributed by atoms with Gasteiger partial charge in [-0.15, -0.1) is 0 Å². The first kappa shape index (κ1) is 13.6. The summed E-state index contributed by atoms with van der Waals surface area (Å²) in [4.78, 5) is 2.56. The first-order valence-corrected chi connectivity index (χ1v) is 7.42. The molecule has 2 unspecified atom stereocenters. The van der Waals surface area contributed by atoms with Crippen molar-refractivity contribution in [1.29, 1.82) is 5.26 Å². The molecule has 0 aromatic heterocycles. The molecule has 106 valence electrons. The largest absolute Gasteiger partial charge is 0.387 e. The van der Waals surface area contributed by atoms with Gasteiger partial charge in [-0.3, -0.25) is 4.90 Å². The molecule has 1 saturated heterocycles. The highest BCUT2D eigenvalue weighted by molar-refractivity contribution is 5.32. The molecule has 0 spiro atoms. The summed E-state index contributed by atoms with van der Waals surface area (Å²) in [5.74, 6) is 0. The molecule has 0 bridgehead atoms. The Kier molecular flexibility index (Phi) is 4.02. The van der Waals surface area contributed by atoms with Crippen molar-refractivity contribution in [1.82, 2.24) is 10.2 Å². The summed E-state index contributed by atoms with van der Waals surface area (Å²) in [6.07, 6.45) is 3.40. The van der Waals surface area contributed by atoms with Crippen LogP contribution in [0.1, 0.15) is 36.5 Å². The molecule has 1 aliphatic heterocycles. The SMILES string of the molecule is N#Cc1ccc(C(O)CNC2CCN(C3CC3)C2)cc1. The number of nitrogens with one attached hydrogen (secondary N) is 1. The normalized spacial score (nSPS) is 24.5. The molecule has 1 aromatic rings. The summed E-state index contributed by atoms with van der Waals surface area (Å²) < 4.78 is 0. The van der Waals surface area contributed by atoms with Gasteiger partial charge < -0.3 is 10.4 Å². The maximum atomic E-state index is 10.2. The molecular weight excluding hydrogens is 250 g/mol. The predicted molar refractivity (Wildman–Crippen MR) is 77.1 cm³/mol. The third kappa shape index (κ3) is 3.18. The molecule has 2 atom stereocenters. The summed E-state index contributed by atoms with van der Waals surface area (Å²) >= 11 is 0. The van der Waals surface area contributed by atoms with Gasteiger partial charge in [0.2, 0.25) is 0 Å². The fourth-order valence-corrected chi connectivity index (χ4v) is 2.90. The molecule has 1 aromatic carbocycles. The molecule has 4 nitrogen and oxygen atoms in total. The van der Waals surface area contributed by atoms with Gasteiger partial charge in [0.25, 0.3) is 0 Å². The van der Waals surface area contributed by atoms with Crippen LogP contribution in [0, 0.1) is 11.3 Å². The Morgan fingerprint density at radius 2 is 2.05 bits per heavy atom. The monoisotopic (exact) mass is 271 g/mol. The zero-order chi connectivity index (χ0) is 13.9. The van der Waals surface area contributed by atoms with Crippen molar-refractivity contribution in [3.63, 3.8) is 0 Å². The minimum Gasteiger partial charge on any atom is -0.387 e. The van der Waals surface area contributed by atoms with E-state index in [2.05, 4.69) is 16.3 Å². The van der Waals surface area contributed by atoms with E-state index in [-0.39, 0.29) is 0 Å². The fraction of sp³-hybridized carbons (Fsp3) is 0.562. The Hall–Kier alpha value is -1.41. The van der Waals surface area contributed by atoms with Crippen molar-refractivity contribution in [2.24, 2.45) is 0 Å². The van der Waals surface area contributed by atoms with Crippen LogP contribution in [0.4, 0.5) is 0 Å². The Labute approximate surface area is 120 Å². The lowest BCUT2D eigenvalue weighted by atomic mass is 10.1. The topological polar surface area (TPSA) is 59.3 Å². The molecular formula is C16H21N3O. The van der Waals surface area contributed by atoms with Gasteiger partial charge >= 0.3 is 0 Å². The first-order valence-electron chi connectivity index (χ1n) is 7.42. The van der Waals surface area contributed by atoms with E-state index < -0.39 is 6.10 Å². The smallest absolute Gasteiger partial charge is 0.0991 e. The second-order valence-corrected chi connectivity index (χ2v) is 5.87. The van der Waals surface area contributed by atoms with E-state index in [4.69, 9.17) is 5.26 Å². The van der Waals surface area contributed by atoms with E-state index in [0.29, 0.717) is 18.2 Å². The molecule has 1 saturated carbocycles. The summed E-state index contributed by atoms with van der Waals surface area (Å²) in [7, 11) is 0. The van der Waals surface area contributed by atoms with E-state index in [9.17, 15) is 5.11 Å². The van der Waals surface area contributed by atoms with Crippen LogP contribution in [0.15, 0.2) is 24.3 Å². The lowest BCUT2D eigenvalue weighted by Crippen LogP contribution is -2.35. The third-order valence-electron chi connectivity index (χ3n) is 4.31. The lowest BCUT2D eigenvalue weighted by molar-refractivity contribution is 0.169. The zero-order valence-corrected chi connectivity index (χ0v) is 11.6. The standard InChI is InChI=1S/C16H21N3O/c17-9-12-1-3-13(4-2-12)16(20)10-18-14-7-8-19(11-14)15-5-6-15/h1-4,14-16,18,20H,5-8,10-11H2. The number of likely N-dealkylation sites (tertiary alicyclic amines) is 1. The Bertz CT molecular complexity index is 489. The number of nitrogens with zero attached hydrogens (tertiary/aromatic N) is 2. The maximum absolute atomic E-state index is 10.2. The van der Waals surface area contributed by atoms with E-state index in [1.807, 2.05) is 12.1 Å². The van der Waals surface area contributed by atoms with Crippen LogP contribution >= 0.6 is 0 Å². The number of nitriles is 1. The van der Waals surface area contributed by atoms with Crippen molar-refractivity contribution in [3.05, 3.63) is 35.4 Å². The van der Waals surface area contributed by atoms with Gasteiger partial charge in [-0.05, 0) is 37.0 Å². The van der Waals surface area contributed by atoms with Crippen LogP contribution in [0.2, 0.25) is 0 Å². The molecule has 1 heterocycles. The first-order chi connectivity index (χ1) is 9.76. The van der Waals surface area contributed by atoms with E-state index in [0.717, 1.165) is 18.2 Å². The molecule has 2 fully saturated rings. The second-order valence-electron chi connectivity index (χ2n) is 5.87. The summed E-state index contributed by atoms with van der Waals surface area (Å²) in [5.41, 5.74) is 1.50. The number of hydrogen-bond acceptors (Lipinski definition) is 4. The molecule has 2 N–H and O–H groups in total. The number of aliphatic hydroxyl groups excluding tert-OH is 1. The molecule has 2 aliphatic rings. The average Bonchev–Trinajstić information content (AvgIpc) is 3.24. The van der Waals surface area contributed by atoms with Crippen LogP contribution in [0.3, 0.4) is 0 Å². The van der Waals surface area contributed by atoms with Crippen molar-refractivity contribution >= 4 is 0 Å². The van der Waals surface area contributed by atoms with Gasteiger partial charge in [-0.2, -0.15) is 5.26 Å². The van der Waals surface area contributed by atoms with Crippen molar-refractivity contribution < 1.29 is 5.11 Å². The molecule has 0 amide bonds. The molecule has 20 heavy (non-hydrogen) atoms. The van der Waals surface area contributed by atoms with Gasteiger partial charge in [0.15, 0.2) is 0 Å². The van der Waals surface area contributed by atoms with Crippen LogP contribution in [-0.2, 0) is 0 Å². The Morgan fingerprint density at radius 1 is 1.30 bits per heavy atom. The van der Waals surface area contributed by atoms with Crippen LogP contribution in [0.5, 0.6) is 0 Å². The zero-order valence-electron chi connectivity index (χ0n) is 11.6. The van der Waals surface area contributed by atoms with Crippen LogP contribution in [-0.4, -0.2) is 41.7 Å². The van der Waals surface area contributed by atoms with Crippen molar-refractivity contribution in [2.75, 3.05) is 19.6 Å². The second kappa shape index (κ2) is 5.92. The average molecular weight is 271 g/mol. The molecule has 4 heteroatoms. The molecule has 3 rings (SSSR count). The van der Waals surface area contributed by atoms with Crippen molar-refractivity contribution in [2.45, 2.75) is 37.5 Å². The van der Waals surface area contributed by atoms with Crippen molar-refractivity contribution in [3.8, 4) is 6.07 Å². The number of benzene rings is 1. The minimum absolute atomic E-state index is 0.502. The quantitative estimate of drug-likeness (QED) is 0.850. The van der Waals surface area contributed by atoms with Gasteiger partial charge in [0.05, 0.1) is 17.7 Å². The minimum atomic E-state index is -0.502. The van der Waals surface area contributed by atoms with Gasteiger partial charge in [-0.25, -0.2) is 0 Å². The van der Waals surface area contributed by atoms with E-state index in [1.165, 1.54) is 25.8 Å². The summed E-state index contributed by atoms with van der Waals surface area (Å²) in [6, 6.07) is 10.6. The van der Waals surface area contributed by atoms with E-state index >= 15 is 0 Å². The Balaban J connectivity index is 1.46. The number of rotatable bonds is 5. The van der Waals surface area contributed by atoms with Gasteiger partial charge in [0, 0.05) is 31.7 Å². The lowest BCUT2D eigenvalue weighted by Gasteiger charge is -2.18. The highest BCUT2D eigenvalue weighted by Crippen LogP contribution is 2.29. The van der Waals surface area contributed by atoms with Gasteiger partial charge in [-0.1, -0.05) is 12.1 Å². The van der Waals surface area contributed by atoms with Gasteiger partial charge in [0.1, 0.15) is 0 Å². The Morgan fingerprint density at radius 3 is 2.70 bits per heavy atom. The fourth-order valence-electron chi connectivity index (χ4n) is 2.90. The third-order valence-corrected chi connectivity index (χ3v) is 4.31. The number of aliphatic hydroxyl groups is 1.